The fourth-order valence-electron chi connectivity index (χ4n) is 1.92. The van der Waals surface area contributed by atoms with Crippen LogP contribution in [0.1, 0.15) is 23.3 Å². The lowest BCUT2D eigenvalue weighted by Crippen LogP contribution is -2.27. The number of benzene rings is 1. The molecule has 0 spiro atoms. The number of nitrogens with zero attached hydrogens (tertiary/aromatic N) is 2. The highest BCUT2D eigenvalue weighted by Crippen LogP contribution is 2.12. The van der Waals surface area contributed by atoms with E-state index in [4.69, 9.17) is 9.26 Å². The van der Waals surface area contributed by atoms with Crippen molar-refractivity contribution in [2.45, 2.75) is 19.4 Å². The first kappa shape index (κ1) is 13.7. The molecule has 5 heteroatoms. The van der Waals surface area contributed by atoms with Gasteiger partial charge in [0.2, 0.25) is 5.89 Å². The van der Waals surface area contributed by atoms with E-state index in [1.807, 2.05) is 25.1 Å². The first-order valence-electron chi connectivity index (χ1n) is 6.36. The van der Waals surface area contributed by atoms with Crippen LogP contribution >= 0.6 is 0 Å². The molecule has 1 aromatic heterocycles. The molecule has 1 heterocycles. The quantitative estimate of drug-likeness (QED) is 0.825. The third-order valence-electron chi connectivity index (χ3n) is 2.83. The second-order valence-corrected chi connectivity index (χ2v) is 4.36. The lowest BCUT2D eigenvalue weighted by molar-refractivity contribution is 0.166. The van der Waals surface area contributed by atoms with E-state index >= 15 is 0 Å². The normalized spacial score (nSPS) is 12.5. The summed E-state index contributed by atoms with van der Waals surface area (Å²) < 4.78 is 10.3. The van der Waals surface area contributed by atoms with Crippen LogP contribution < -0.4 is 5.32 Å². The number of rotatable bonds is 7. The van der Waals surface area contributed by atoms with Gasteiger partial charge in [-0.3, -0.25) is 0 Å². The van der Waals surface area contributed by atoms with Crippen molar-refractivity contribution in [2.24, 2.45) is 0 Å². The van der Waals surface area contributed by atoms with Crippen molar-refractivity contribution in [1.82, 2.24) is 15.5 Å². The van der Waals surface area contributed by atoms with Crippen LogP contribution in [0.3, 0.4) is 0 Å². The number of hydrogen-bond acceptors (Lipinski definition) is 5. The lowest BCUT2D eigenvalue weighted by Gasteiger charge is -2.17. The van der Waals surface area contributed by atoms with Gasteiger partial charge in [-0.2, -0.15) is 4.98 Å². The van der Waals surface area contributed by atoms with E-state index < -0.39 is 0 Å². The monoisotopic (exact) mass is 261 g/mol. The van der Waals surface area contributed by atoms with Crippen LogP contribution in [0.15, 0.2) is 34.9 Å². The second kappa shape index (κ2) is 7.01. The first-order chi connectivity index (χ1) is 9.29. The van der Waals surface area contributed by atoms with Crippen molar-refractivity contribution >= 4 is 0 Å². The Labute approximate surface area is 113 Å². The SMILES string of the molecule is COCC(NCCc1nc(C)no1)c1ccccc1. The number of aryl methyl sites for hydroxylation is 1. The molecule has 0 saturated carbocycles. The van der Waals surface area contributed by atoms with Gasteiger partial charge in [0.25, 0.3) is 0 Å². The molecule has 0 aliphatic carbocycles. The standard InChI is InChI=1S/C14H19N3O2/c1-11-16-14(19-17-11)8-9-15-13(10-18-2)12-6-4-3-5-7-12/h3-7,13,15H,8-10H2,1-2H3. The summed E-state index contributed by atoms with van der Waals surface area (Å²) >= 11 is 0. The fraction of sp³-hybridized carbons (Fsp3) is 0.429. The average Bonchev–Trinajstić information content (AvgIpc) is 2.84. The van der Waals surface area contributed by atoms with E-state index in [0.29, 0.717) is 24.7 Å². The number of ether oxygens (including phenoxy) is 1. The molecular weight excluding hydrogens is 242 g/mol. The maximum atomic E-state index is 5.25. The Morgan fingerprint density at radius 1 is 1.32 bits per heavy atom. The Morgan fingerprint density at radius 3 is 2.74 bits per heavy atom. The summed E-state index contributed by atoms with van der Waals surface area (Å²) in [5.41, 5.74) is 1.21. The maximum absolute atomic E-state index is 5.25. The smallest absolute Gasteiger partial charge is 0.227 e. The van der Waals surface area contributed by atoms with Gasteiger partial charge >= 0.3 is 0 Å². The minimum atomic E-state index is 0.176. The Hall–Kier alpha value is -1.72. The number of aromatic nitrogens is 2. The molecule has 1 atom stereocenters. The van der Waals surface area contributed by atoms with Crippen molar-refractivity contribution in [3.63, 3.8) is 0 Å². The molecule has 0 aliphatic heterocycles. The van der Waals surface area contributed by atoms with Gasteiger partial charge in [0, 0.05) is 20.1 Å². The predicted octanol–water partition coefficient (Wildman–Crippen LogP) is 1.90. The van der Waals surface area contributed by atoms with Gasteiger partial charge in [0.1, 0.15) is 0 Å². The number of nitrogens with one attached hydrogen (secondary N) is 1. The number of methoxy groups -OCH3 is 1. The van der Waals surface area contributed by atoms with Gasteiger partial charge in [0.15, 0.2) is 5.82 Å². The van der Waals surface area contributed by atoms with Crippen molar-refractivity contribution in [3.8, 4) is 0 Å². The highest BCUT2D eigenvalue weighted by Gasteiger charge is 2.11. The molecule has 2 aromatic rings. The summed E-state index contributed by atoms with van der Waals surface area (Å²) in [5.74, 6) is 1.33. The van der Waals surface area contributed by atoms with Gasteiger partial charge in [-0.1, -0.05) is 35.5 Å². The zero-order valence-electron chi connectivity index (χ0n) is 11.3. The van der Waals surface area contributed by atoms with Crippen LogP contribution in [-0.2, 0) is 11.2 Å². The van der Waals surface area contributed by atoms with E-state index in [-0.39, 0.29) is 6.04 Å². The zero-order chi connectivity index (χ0) is 13.5. The van der Waals surface area contributed by atoms with Gasteiger partial charge in [-0.25, -0.2) is 0 Å². The molecule has 102 valence electrons. The van der Waals surface area contributed by atoms with Crippen molar-refractivity contribution < 1.29 is 9.26 Å². The molecule has 0 radical (unpaired) electrons. The third-order valence-corrected chi connectivity index (χ3v) is 2.83. The molecule has 0 amide bonds. The maximum Gasteiger partial charge on any atom is 0.227 e. The first-order valence-corrected chi connectivity index (χ1v) is 6.36. The van der Waals surface area contributed by atoms with E-state index in [1.165, 1.54) is 5.56 Å². The van der Waals surface area contributed by atoms with Gasteiger partial charge in [-0.15, -0.1) is 0 Å². The summed E-state index contributed by atoms with van der Waals surface area (Å²) in [4.78, 5) is 4.18. The largest absolute Gasteiger partial charge is 0.383 e. The minimum Gasteiger partial charge on any atom is -0.383 e. The molecule has 0 aliphatic rings. The van der Waals surface area contributed by atoms with Crippen molar-refractivity contribution in [2.75, 3.05) is 20.3 Å². The Bertz CT molecular complexity index is 484. The highest BCUT2D eigenvalue weighted by atomic mass is 16.5. The van der Waals surface area contributed by atoms with Crippen LogP contribution in [0.5, 0.6) is 0 Å². The van der Waals surface area contributed by atoms with Crippen LogP contribution in [0, 0.1) is 6.92 Å². The van der Waals surface area contributed by atoms with Crippen LogP contribution in [0.4, 0.5) is 0 Å². The summed E-state index contributed by atoms with van der Waals surface area (Å²) in [6, 6.07) is 10.4. The number of hydrogen-bond donors (Lipinski definition) is 1. The molecule has 0 bridgehead atoms. The summed E-state index contributed by atoms with van der Waals surface area (Å²) in [6.45, 7) is 3.22. The Balaban J connectivity index is 1.87. The van der Waals surface area contributed by atoms with Gasteiger partial charge in [0.05, 0.1) is 12.6 Å². The fourth-order valence-corrected chi connectivity index (χ4v) is 1.92. The van der Waals surface area contributed by atoms with Gasteiger partial charge in [-0.05, 0) is 12.5 Å². The second-order valence-electron chi connectivity index (χ2n) is 4.36. The van der Waals surface area contributed by atoms with E-state index in [9.17, 15) is 0 Å². The Kier molecular flexibility index (Phi) is 5.06. The van der Waals surface area contributed by atoms with Gasteiger partial charge < -0.3 is 14.6 Å². The van der Waals surface area contributed by atoms with Crippen LogP contribution in [0.25, 0.3) is 0 Å². The summed E-state index contributed by atoms with van der Waals surface area (Å²) in [7, 11) is 1.71. The zero-order valence-corrected chi connectivity index (χ0v) is 11.3. The molecule has 1 unspecified atom stereocenters. The highest BCUT2D eigenvalue weighted by molar-refractivity contribution is 5.18. The van der Waals surface area contributed by atoms with E-state index in [0.717, 1.165) is 6.54 Å². The summed E-state index contributed by atoms with van der Waals surface area (Å²) in [5, 5.41) is 7.21. The predicted molar refractivity (Wildman–Crippen MR) is 71.8 cm³/mol. The molecule has 19 heavy (non-hydrogen) atoms. The lowest BCUT2D eigenvalue weighted by atomic mass is 10.1. The van der Waals surface area contributed by atoms with E-state index in [1.54, 1.807) is 7.11 Å². The molecule has 1 N–H and O–H groups in total. The molecule has 0 saturated heterocycles. The minimum absolute atomic E-state index is 0.176. The molecule has 0 fully saturated rings. The molecule has 1 aromatic carbocycles. The van der Waals surface area contributed by atoms with Crippen LogP contribution in [-0.4, -0.2) is 30.4 Å². The topological polar surface area (TPSA) is 60.2 Å². The van der Waals surface area contributed by atoms with Crippen LogP contribution in [0.2, 0.25) is 0 Å². The van der Waals surface area contributed by atoms with Crippen molar-refractivity contribution in [3.05, 3.63) is 47.6 Å². The Morgan fingerprint density at radius 2 is 2.11 bits per heavy atom. The van der Waals surface area contributed by atoms with E-state index in [2.05, 4.69) is 27.6 Å². The molecular formula is C14H19N3O2. The molecule has 5 nitrogen and oxygen atoms in total. The molecule has 2 rings (SSSR count). The van der Waals surface area contributed by atoms with Crippen molar-refractivity contribution in [1.29, 1.82) is 0 Å². The summed E-state index contributed by atoms with van der Waals surface area (Å²) in [6.07, 6.45) is 0.716. The average molecular weight is 261 g/mol. The third kappa shape index (κ3) is 4.15.